The number of ether oxygens (including phenoxy) is 1. The van der Waals surface area contributed by atoms with E-state index in [1.807, 2.05) is 6.92 Å². The average Bonchev–Trinajstić information content (AvgIpc) is 2.41. The summed E-state index contributed by atoms with van der Waals surface area (Å²) in [5.41, 5.74) is -0.712. The number of rotatable bonds is 4. The molecular weight excluding hydrogens is 244 g/mol. The fourth-order valence-electron chi connectivity index (χ4n) is 3.14. The van der Waals surface area contributed by atoms with Crippen LogP contribution in [0.4, 0.5) is 0 Å². The van der Waals surface area contributed by atoms with Gasteiger partial charge in [-0.2, -0.15) is 0 Å². The molecule has 5 nitrogen and oxygen atoms in total. The van der Waals surface area contributed by atoms with Gasteiger partial charge in [0.1, 0.15) is 5.54 Å². The summed E-state index contributed by atoms with van der Waals surface area (Å²) in [6, 6.07) is 0. The van der Waals surface area contributed by atoms with Crippen LogP contribution in [0, 0.1) is 0 Å². The van der Waals surface area contributed by atoms with Crippen LogP contribution in [-0.2, 0) is 9.53 Å². The number of carbonyl (C=O) groups is 1. The normalized spacial score (nSPS) is 34.3. The van der Waals surface area contributed by atoms with Gasteiger partial charge in [-0.05, 0) is 39.3 Å². The minimum atomic E-state index is -0.712. The molecule has 19 heavy (non-hydrogen) atoms. The summed E-state index contributed by atoms with van der Waals surface area (Å²) in [5, 5.41) is 9.50. The van der Waals surface area contributed by atoms with Crippen LogP contribution in [0.1, 0.15) is 33.1 Å². The highest BCUT2D eigenvalue weighted by Gasteiger charge is 2.42. The molecule has 0 spiro atoms. The second kappa shape index (κ2) is 6.20. The van der Waals surface area contributed by atoms with E-state index in [0.29, 0.717) is 0 Å². The highest BCUT2D eigenvalue weighted by Crippen LogP contribution is 2.28. The Morgan fingerprint density at radius 1 is 1.42 bits per heavy atom. The number of piperidine rings is 1. The van der Waals surface area contributed by atoms with Crippen LogP contribution in [0.5, 0.6) is 0 Å². The van der Waals surface area contributed by atoms with Crippen molar-refractivity contribution in [3.05, 3.63) is 0 Å². The van der Waals surface area contributed by atoms with Gasteiger partial charge in [0, 0.05) is 19.6 Å². The van der Waals surface area contributed by atoms with E-state index in [1.165, 1.54) is 0 Å². The third-order valence-electron chi connectivity index (χ3n) is 4.59. The Morgan fingerprint density at radius 3 is 2.89 bits per heavy atom. The highest BCUT2D eigenvalue weighted by atomic mass is 16.5. The van der Waals surface area contributed by atoms with E-state index < -0.39 is 11.5 Å². The van der Waals surface area contributed by atoms with Crippen LogP contribution in [0.3, 0.4) is 0 Å². The maximum atomic E-state index is 11.6. The molecule has 1 N–H and O–H groups in total. The number of hydrogen-bond acceptors (Lipinski definition) is 4. The van der Waals surface area contributed by atoms with Crippen LogP contribution in [-0.4, -0.2) is 71.8 Å². The maximum absolute atomic E-state index is 11.6. The quantitative estimate of drug-likeness (QED) is 0.827. The molecule has 5 heteroatoms. The van der Waals surface area contributed by atoms with Crippen molar-refractivity contribution in [2.75, 3.05) is 39.3 Å². The largest absolute Gasteiger partial charge is 0.480 e. The molecule has 2 saturated heterocycles. The zero-order valence-corrected chi connectivity index (χ0v) is 12.1. The lowest BCUT2D eigenvalue weighted by Crippen LogP contribution is -2.59. The smallest absolute Gasteiger partial charge is 0.323 e. The van der Waals surface area contributed by atoms with Crippen LogP contribution in [0.15, 0.2) is 0 Å². The molecule has 0 aromatic heterocycles. The Bertz CT molecular complexity index is 324. The van der Waals surface area contributed by atoms with Crippen molar-refractivity contribution in [1.29, 1.82) is 0 Å². The number of hydrogen-bond donors (Lipinski definition) is 1. The molecule has 2 fully saturated rings. The van der Waals surface area contributed by atoms with Gasteiger partial charge in [-0.25, -0.2) is 0 Å². The van der Waals surface area contributed by atoms with Gasteiger partial charge in [-0.15, -0.1) is 0 Å². The topological polar surface area (TPSA) is 53.0 Å². The van der Waals surface area contributed by atoms with Gasteiger partial charge >= 0.3 is 5.97 Å². The Balaban J connectivity index is 1.97. The van der Waals surface area contributed by atoms with Gasteiger partial charge in [0.25, 0.3) is 0 Å². The highest BCUT2D eigenvalue weighted by molar-refractivity contribution is 5.78. The van der Waals surface area contributed by atoms with Crippen molar-refractivity contribution in [1.82, 2.24) is 9.80 Å². The van der Waals surface area contributed by atoms with E-state index in [0.717, 1.165) is 58.6 Å². The summed E-state index contributed by atoms with van der Waals surface area (Å²) in [5.74, 6) is -0.699. The first-order valence-electron chi connectivity index (χ1n) is 7.38. The Kier molecular flexibility index (Phi) is 4.81. The van der Waals surface area contributed by atoms with Gasteiger partial charge in [0.2, 0.25) is 0 Å². The molecule has 0 amide bonds. The molecular formula is C14H26N2O3. The Labute approximate surface area is 115 Å². The van der Waals surface area contributed by atoms with E-state index in [2.05, 4.69) is 16.7 Å². The molecule has 2 unspecified atom stereocenters. The van der Waals surface area contributed by atoms with E-state index in [-0.39, 0.29) is 6.10 Å². The van der Waals surface area contributed by atoms with Gasteiger partial charge in [0.05, 0.1) is 12.7 Å². The molecule has 110 valence electrons. The average molecular weight is 270 g/mol. The molecule has 0 radical (unpaired) electrons. The minimum Gasteiger partial charge on any atom is -0.480 e. The van der Waals surface area contributed by atoms with Crippen LogP contribution in [0.25, 0.3) is 0 Å². The fourth-order valence-corrected chi connectivity index (χ4v) is 3.14. The van der Waals surface area contributed by atoms with E-state index >= 15 is 0 Å². The maximum Gasteiger partial charge on any atom is 0.323 e. The number of carboxylic acids is 1. The molecule has 2 aliphatic rings. The molecule has 0 aromatic carbocycles. The predicted molar refractivity (Wildman–Crippen MR) is 73.3 cm³/mol. The van der Waals surface area contributed by atoms with E-state index in [9.17, 15) is 9.90 Å². The van der Waals surface area contributed by atoms with Crippen molar-refractivity contribution in [2.45, 2.75) is 44.8 Å². The monoisotopic (exact) mass is 270 g/mol. The van der Waals surface area contributed by atoms with Crippen LogP contribution >= 0.6 is 0 Å². The zero-order chi connectivity index (χ0) is 13.9. The standard InChI is InChI=1S/C14H26N2O3/c1-3-15-8-9-19-12(10-15)11-16-7-5-4-6-14(16,2)13(17)18/h12H,3-11H2,1-2H3,(H,17,18). The van der Waals surface area contributed by atoms with Gasteiger partial charge in [-0.3, -0.25) is 14.6 Å². The first-order chi connectivity index (χ1) is 9.06. The molecule has 0 aromatic rings. The van der Waals surface area contributed by atoms with Crippen molar-refractivity contribution in [3.63, 3.8) is 0 Å². The molecule has 0 saturated carbocycles. The second-order valence-electron chi connectivity index (χ2n) is 5.87. The lowest BCUT2D eigenvalue weighted by molar-refractivity contribution is -0.155. The molecule has 2 atom stereocenters. The van der Waals surface area contributed by atoms with Crippen LogP contribution < -0.4 is 0 Å². The number of carboxylic acid groups (broad SMARTS) is 1. The molecule has 2 aliphatic heterocycles. The third kappa shape index (κ3) is 3.27. The van der Waals surface area contributed by atoms with Crippen molar-refractivity contribution >= 4 is 5.97 Å². The minimum absolute atomic E-state index is 0.144. The zero-order valence-electron chi connectivity index (χ0n) is 12.1. The van der Waals surface area contributed by atoms with Crippen LogP contribution in [0.2, 0.25) is 0 Å². The van der Waals surface area contributed by atoms with Gasteiger partial charge < -0.3 is 9.84 Å². The van der Waals surface area contributed by atoms with E-state index in [1.54, 1.807) is 0 Å². The second-order valence-corrected chi connectivity index (χ2v) is 5.87. The first-order valence-corrected chi connectivity index (χ1v) is 7.38. The number of likely N-dealkylation sites (N-methyl/N-ethyl adjacent to an activating group) is 1. The summed E-state index contributed by atoms with van der Waals surface area (Å²) in [7, 11) is 0. The van der Waals surface area contributed by atoms with Crippen molar-refractivity contribution < 1.29 is 14.6 Å². The van der Waals surface area contributed by atoms with Crippen molar-refractivity contribution in [2.24, 2.45) is 0 Å². The SMILES string of the molecule is CCN1CCOC(CN2CCCCC2(C)C(=O)O)C1. The number of aliphatic carboxylic acids is 1. The molecule has 2 rings (SSSR count). The third-order valence-corrected chi connectivity index (χ3v) is 4.59. The lowest BCUT2D eigenvalue weighted by Gasteiger charge is -2.44. The number of nitrogens with zero attached hydrogens (tertiary/aromatic N) is 2. The summed E-state index contributed by atoms with van der Waals surface area (Å²) < 4.78 is 5.81. The number of likely N-dealkylation sites (tertiary alicyclic amines) is 1. The summed E-state index contributed by atoms with van der Waals surface area (Å²) in [4.78, 5) is 16.0. The predicted octanol–water partition coefficient (Wildman–Crippen LogP) is 1.04. The van der Waals surface area contributed by atoms with E-state index in [4.69, 9.17) is 4.74 Å². The molecule has 2 heterocycles. The lowest BCUT2D eigenvalue weighted by atomic mass is 9.88. The molecule has 0 aliphatic carbocycles. The fraction of sp³-hybridized carbons (Fsp3) is 0.929. The van der Waals surface area contributed by atoms with Gasteiger partial charge in [0.15, 0.2) is 0 Å². The van der Waals surface area contributed by atoms with Crippen molar-refractivity contribution in [3.8, 4) is 0 Å². The Morgan fingerprint density at radius 2 is 2.21 bits per heavy atom. The number of morpholine rings is 1. The summed E-state index contributed by atoms with van der Waals surface area (Å²) in [6.45, 7) is 9.33. The molecule has 0 bridgehead atoms. The van der Waals surface area contributed by atoms with Gasteiger partial charge in [-0.1, -0.05) is 6.92 Å². The summed E-state index contributed by atoms with van der Waals surface area (Å²) >= 11 is 0. The summed E-state index contributed by atoms with van der Waals surface area (Å²) in [6.07, 6.45) is 2.98. The first kappa shape index (κ1) is 14.8. The Hall–Kier alpha value is -0.650.